The van der Waals surface area contributed by atoms with Crippen LogP contribution in [0.4, 0.5) is 0 Å². The van der Waals surface area contributed by atoms with Gasteiger partial charge in [-0.3, -0.25) is 4.79 Å². The van der Waals surface area contributed by atoms with Crippen molar-refractivity contribution in [3.05, 3.63) is 59.4 Å². The van der Waals surface area contributed by atoms with Gasteiger partial charge < -0.3 is 15.0 Å². The number of aromatic nitrogens is 1. The van der Waals surface area contributed by atoms with Crippen LogP contribution in [0.15, 0.2) is 42.6 Å². The molecule has 2 aromatic rings. The van der Waals surface area contributed by atoms with Gasteiger partial charge in [-0.2, -0.15) is 0 Å². The van der Waals surface area contributed by atoms with Gasteiger partial charge in [0.25, 0.3) is 5.91 Å². The summed E-state index contributed by atoms with van der Waals surface area (Å²) >= 11 is 0. The van der Waals surface area contributed by atoms with Crippen molar-refractivity contribution < 1.29 is 14.3 Å². The number of aromatic amines is 1. The van der Waals surface area contributed by atoms with Crippen LogP contribution in [0.25, 0.3) is 0 Å². The zero-order valence-electron chi connectivity index (χ0n) is 12.2. The molecular formula is C17H18N2O3. The summed E-state index contributed by atoms with van der Waals surface area (Å²) in [6, 6.07) is 11.5. The number of benzene rings is 1. The molecule has 1 atom stereocenters. The van der Waals surface area contributed by atoms with Crippen molar-refractivity contribution in [3.8, 4) is 0 Å². The van der Waals surface area contributed by atoms with Gasteiger partial charge >= 0.3 is 5.97 Å². The second-order valence-electron chi connectivity index (χ2n) is 5.37. The van der Waals surface area contributed by atoms with E-state index in [2.05, 4.69) is 16.4 Å². The summed E-state index contributed by atoms with van der Waals surface area (Å²) in [5.74, 6) is -0.800. The minimum absolute atomic E-state index is 0.00152. The summed E-state index contributed by atoms with van der Waals surface area (Å²) in [7, 11) is 0. The lowest BCUT2D eigenvalue weighted by molar-refractivity contribution is -0.125. The van der Waals surface area contributed by atoms with E-state index < -0.39 is 5.97 Å². The molecule has 0 fully saturated rings. The fourth-order valence-corrected chi connectivity index (χ4v) is 2.81. The van der Waals surface area contributed by atoms with E-state index >= 15 is 0 Å². The Kier molecular flexibility index (Phi) is 4.23. The number of carbonyl (C=O) groups excluding carboxylic acids is 2. The summed E-state index contributed by atoms with van der Waals surface area (Å²) in [6.45, 7) is -0.267. The molecule has 1 aliphatic carbocycles. The van der Waals surface area contributed by atoms with Crippen molar-refractivity contribution >= 4 is 11.9 Å². The number of hydrogen-bond donors (Lipinski definition) is 2. The second kappa shape index (κ2) is 6.47. The number of aryl methyl sites for hydroxylation is 1. The van der Waals surface area contributed by atoms with Crippen LogP contribution >= 0.6 is 0 Å². The number of H-pyrrole nitrogens is 1. The highest BCUT2D eigenvalue weighted by Gasteiger charge is 2.21. The molecule has 5 nitrogen and oxygen atoms in total. The van der Waals surface area contributed by atoms with Crippen LogP contribution in [0.1, 0.15) is 40.5 Å². The first kappa shape index (κ1) is 14.4. The lowest BCUT2D eigenvalue weighted by Gasteiger charge is -2.26. The lowest BCUT2D eigenvalue weighted by Crippen LogP contribution is -2.34. The van der Waals surface area contributed by atoms with E-state index in [0.29, 0.717) is 5.69 Å². The quantitative estimate of drug-likeness (QED) is 0.851. The van der Waals surface area contributed by atoms with E-state index in [0.717, 1.165) is 24.8 Å². The van der Waals surface area contributed by atoms with Gasteiger partial charge in [0.1, 0.15) is 5.69 Å². The van der Waals surface area contributed by atoms with Gasteiger partial charge in [-0.25, -0.2) is 4.79 Å². The van der Waals surface area contributed by atoms with Crippen LogP contribution in [0, 0.1) is 0 Å². The monoisotopic (exact) mass is 298 g/mol. The molecule has 0 radical (unpaired) electrons. The second-order valence-corrected chi connectivity index (χ2v) is 5.37. The molecule has 1 aromatic heterocycles. The lowest BCUT2D eigenvalue weighted by atomic mass is 9.88. The van der Waals surface area contributed by atoms with Crippen molar-refractivity contribution in [2.24, 2.45) is 0 Å². The smallest absolute Gasteiger partial charge is 0.355 e. The maximum atomic E-state index is 12.0. The number of fused-ring (bicyclic) bond motifs is 1. The van der Waals surface area contributed by atoms with Crippen LogP contribution < -0.4 is 5.32 Å². The van der Waals surface area contributed by atoms with Crippen LogP contribution in [-0.2, 0) is 16.0 Å². The first-order chi connectivity index (χ1) is 10.7. The Labute approximate surface area is 128 Å². The van der Waals surface area contributed by atoms with Gasteiger partial charge in [0.05, 0.1) is 6.04 Å². The fraction of sp³-hybridized carbons (Fsp3) is 0.294. The summed E-state index contributed by atoms with van der Waals surface area (Å²) in [5, 5.41) is 2.95. The number of carbonyl (C=O) groups is 2. The van der Waals surface area contributed by atoms with E-state index in [4.69, 9.17) is 4.74 Å². The number of amides is 1. The molecule has 0 spiro atoms. The van der Waals surface area contributed by atoms with Crippen molar-refractivity contribution in [1.29, 1.82) is 0 Å². The summed E-state index contributed by atoms with van der Waals surface area (Å²) in [5.41, 5.74) is 2.79. The van der Waals surface area contributed by atoms with E-state index in [1.807, 2.05) is 18.2 Å². The molecule has 0 unspecified atom stereocenters. The van der Waals surface area contributed by atoms with Gasteiger partial charge in [-0.1, -0.05) is 24.3 Å². The molecular weight excluding hydrogens is 280 g/mol. The van der Waals surface area contributed by atoms with Crippen molar-refractivity contribution in [3.63, 3.8) is 0 Å². The largest absolute Gasteiger partial charge is 0.451 e. The maximum absolute atomic E-state index is 12.0. The van der Waals surface area contributed by atoms with Crippen LogP contribution in [0.3, 0.4) is 0 Å². The number of rotatable bonds is 4. The van der Waals surface area contributed by atoms with Gasteiger partial charge in [-0.05, 0) is 42.5 Å². The van der Waals surface area contributed by atoms with Crippen LogP contribution in [0.5, 0.6) is 0 Å². The van der Waals surface area contributed by atoms with Gasteiger partial charge in [-0.15, -0.1) is 0 Å². The average molecular weight is 298 g/mol. The molecule has 1 aliphatic rings. The van der Waals surface area contributed by atoms with Gasteiger partial charge in [0, 0.05) is 6.20 Å². The SMILES string of the molecule is O=C(COC(=O)c1ccc[nH]1)N[C@H]1CCCc2ccccc21. The Morgan fingerprint density at radius 2 is 2.09 bits per heavy atom. The molecule has 2 N–H and O–H groups in total. The molecule has 0 aliphatic heterocycles. The third-order valence-electron chi connectivity index (χ3n) is 3.86. The Bertz CT molecular complexity index is 664. The van der Waals surface area contributed by atoms with E-state index in [1.54, 1.807) is 18.3 Å². The first-order valence-electron chi connectivity index (χ1n) is 7.42. The number of esters is 1. The molecule has 1 heterocycles. The number of nitrogens with one attached hydrogen (secondary N) is 2. The highest BCUT2D eigenvalue weighted by Crippen LogP contribution is 2.29. The average Bonchev–Trinajstić information content (AvgIpc) is 3.07. The molecule has 22 heavy (non-hydrogen) atoms. The normalized spacial score (nSPS) is 16.6. The minimum Gasteiger partial charge on any atom is -0.451 e. The Balaban J connectivity index is 1.55. The molecule has 5 heteroatoms. The number of hydrogen-bond acceptors (Lipinski definition) is 3. The zero-order chi connectivity index (χ0) is 15.4. The fourth-order valence-electron chi connectivity index (χ4n) is 2.81. The third-order valence-corrected chi connectivity index (χ3v) is 3.86. The highest BCUT2D eigenvalue weighted by molar-refractivity contribution is 5.89. The standard InChI is InChI=1S/C17H18N2O3/c20-16(11-22-17(21)15-9-4-10-18-15)19-14-8-3-6-12-5-1-2-7-13(12)14/h1-2,4-5,7,9-10,14,18H,3,6,8,11H2,(H,19,20)/t14-/m0/s1. The highest BCUT2D eigenvalue weighted by atomic mass is 16.5. The molecule has 0 saturated carbocycles. The molecule has 114 valence electrons. The number of ether oxygens (including phenoxy) is 1. The zero-order valence-corrected chi connectivity index (χ0v) is 12.2. The van der Waals surface area contributed by atoms with Gasteiger partial charge in [0.2, 0.25) is 0 Å². The van der Waals surface area contributed by atoms with Crippen molar-refractivity contribution in [2.75, 3.05) is 6.61 Å². The summed E-state index contributed by atoms with van der Waals surface area (Å²) in [6.07, 6.45) is 4.64. The van der Waals surface area contributed by atoms with Crippen molar-refractivity contribution in [1.82, 2.24) is 10.3 Å². The summed E-state index contributed by atoms with van der Waals surface area (Å²) < 4.78 is 5.00. The predicted octanol–water partition coefficient (Wildman–Crippen LogP) is 2.37. The Hall–Kier alpha value is -2.56. The Morgan fingerprint density at radius 3 is 2.91 bits per heavy atom. The van der Waals surface area contributed by atoms with E-state index in [9.17, 15) is 9.59 Å². The first-order valence-corrected chi connectivity index (χ1v) is 7.42. The molecule has 1 aromatic carbocycles. The van der Waals surface area contributed by atoms with E-state index in [-0.39, 0.29) is 18.6 Å². The topological polar surface area (TPSA) is 71.2 Å². The molecule has 0 bridgehead atoms. The summed E-state index contributed by atoms with van der Waals surface area (Å²) in [4.78, 5) is 26.4. The minimum atomic E-state index is -0.524. The van der Waals surface area contributed by atoms with Crippen molar-refractivity contribution in [2.45, 2.75) is 25.3 Å². The van der Waals surface area contributed by atoms with Gasteiger partial charge in [0.15, 0.2) is 6.61 Å². The maximum Gasteiger partial charge on any atom is 0.355 e. The van der Waals surface area contributed by atoms with Crippen LogP contribution in [0.2, 0.25) is 0 Å². The molecule has 0 saturated heterocycles. The molecule has 3 rings (SSSR count). The van der Waals surface area contributed by atoms with Crippen LogP contribution in [-0.4, -0.2) is 23.5 Å². The third kappa shape index (κ3) is 3.19. The molecule has 1 amide bonds. The predicted molar refractivity (Wildman–Crippen MR) is 81.3 cm³/mol. The van der Waals surface area contributed by atoms with E-state index in [1.165, 1.54) is 5.56 Å². The Morgan fingerprint density at radius 1 is 1.23 bits per heavy atom.